The molecule has 6 nitrogen and oxygen atoms in total. The third-order valence-corrected chi connectivity index (χ3v) is 3.88. The summed E-state index contributed by atoms with van der Waals surface area (Å²) in [6.45, 7) is 3.97. The summed E-state index contributed by atoms with van der Waals surface area (Å²) < 4.78 is 5.51. The van der Waals surface area contributed by atoms with Crippen LogP contribution in [0.1, 0.15) is 31.7 Å². The molecule has 0 aliphatic carbocycles. The minimum atomic E-state index is -0.849. The van der Waals surface area contributed by atoms with Crippen LogP contribution in [0.4, 0.5) is 0 Å². The first-order chi connectivity index (χ1) is 11.1. The van der Waals surface area contributed by atoms with E-state index in [2.05, 4.69) is 12.2 Å². The van der Waals surface area contributed by atoms with Crippen LogP contribution in [0.25, 0.3) is 0 Å². The maximum atomic E-state index is 12.0. The van der Waals surface area contributed by atoms with Gasteiger partial charge >= 0.3 is 5.97 Å². The van der Waals surface area contributed by atoms with Gasteiger partial charge in [-0.2, -0.15) is 0 Å². The van der Waals surface area contributed by atoms with Crippen LogP contribution in [0.15, 0.2) is 24.3 Å². The molecule has 6 heteroatoms. The number of ether oxygens (including phenoxy) is 1. The molecule has 0 saturated carbocycles. The van der Waals surface area contributed by atoms with E-state index in [4.69, 9.17) is 9.84 Å². The van der Waals surface area contributed by atoms with Crippen molar-refractivity contribution < 1.29 is 19.4 Å². The Bertz CT molecular complexity index is 530. The number of nitrogens with one attached hydrogen (secondary N) is 1. The molecule has 126 valence electrons. The summed E-state index contributed by atoms with van der Waals surface area (Å²) in [6, 6.07) is 7.08. The average Bonchev–Trinajstić information content (AvgIpc) is 3.00. The number of likely N-dealkylation sites (tertiary alicyclic amines) is 1. The molecule has 0 bridgehead atoms. The van der Waals surface area contributed by atoms with Crippen LogP contribution < -0.4 is 10.1 Å². The van der Waals surface area contributed by atoms with E-state index in [-0.39, 0.29) is 12.5 Å². The van der Waals surface area contributed by atoms with Gasteiger partial charge in [0.2, 0.25) is 5.91 Å². The third kappa shape index (κ3) is 5.25. The maximum Gasteiger partial charge on any atom is 0.320 e. The van der Waals surface area contributed by atoms with E-state index in [1.807, 2.05) is 24.3 Å². The predicted molar refractivity (Wildman–Crippen MR) is 86.3 cm³/mol. The molecule has 1 unspecified atom stereocenters. The van der Waals surface area contributed by atoms with Crippen LogP contribution in [0.5, 0.6) is 5.75 Å². The summed E-state index contributed by atoms with van der Waals surface area (Å²) in [6.07, 6.45) is 2.40. The van der Waals surface area contributed by atoms with E-state index in [1.165, 1.54) is 0 Å². The van der Waals surface area contributed by atoms with Gasteiger partial charge < -0.3 is 15.2 Å². The average molecular weight is 320 g/mol. The zero-order valence-corrected chi connectivity index (χ0v) is 13.5. The topological polar surface area (TPSA) is 78.9 Å². The van der Waals surface area contributed by atoms with Gasteiger partial charge in [-0.25, -0.2) is 0 Å². The highest BCUT2D eigenvalue weighted by molar-refractivity contribution is 5.80. The molecule has 0 aromatic heterocycles. The Labute approximate surface area is 136 Å². The van der Waals surface area contributed by atoms with Crippen molar-refractivity contribution in [1.29, 1.82) is 0 Å². The molecule has 1 atom stereocenters. The fraction of sp³-hybridized carbons (Fsp3) is 0.529. The van der Waals surface area contributed by atoms with Gasteiger partial charge in [0.05, 0.1) is 13.2 Å². The minimum Gasteiger partial charge on any atom is -0.494 e. The quantitative estimate of drug-likeness (QED) is 0.761. The molecule has 1 aromatic rings. The lowest BCUT2D eigenvalue weighted by Crippen LogP contribution is -2.42. The van der Waals surface area contributed by atoms with E-state index in [9.17, 15) is 9.59 Å². The van der Waals surface area contributed by atoms with Crippen LogP contribution in [0, 0.1) is 0 Å². The number of rotatable bonds is 8. The Kier molecular flexibility index (Phi) is 6.40. The van der Waals surface area contributed by atoms with Gasteiger partial charge in [-0.1, -0.05) is 19.1 Å². The van der Waals surface area contributed by atoms with Gasteiger partial charge in [-0.05, 0) is 43.5 Å². The first-order valence-electron chi connectivity index (χ1n) is 8.05. The van der Waals surface area contributed by atoms with E-state index in [1.54, 1.807) is 4.90 Å². The van der Waals surface area contributed by atoms with Crippen molar-refractivity contribution in [2.24, 2.45) is 0 Å². The summed E-state index contributed by atoms with van der Waals surface area (Å²) >= 11 is 0. The molecule has 1 aliphatic rings. The highest BCUT2D eigenvalue weighted by atomic mass is 16.5. The van der Waals surface area contributed by atoms with Crippen molar-refractivity contribution >= 4 is 11.9 Å². The first-order valence-corrected chi connectivity index (χ1v) is 8.05. The molecule has 1 aliphatic heterocycles. The Morgan fingerprint density at radius 1 is 1.35 bits per heavy atom. The smallest absolute Gasteiger partial charge is 0.320 e. The van der Waals surface area contributed by atoms with Gasteiger partial charge in [0.25, 0.3) is 0 Å². The number of carbonyl (C=O) groups is 2. The molecule has 2 rings (SSSR count). The first kappa shape index (κ1) is 17.3. The molecule has 1 aromatic carbocycles. The molecule has 0 spiro atoms. The third-order valence-electron chi connectivity index (χ3n) is 3.88. The monoisotopic (exact) mass is 320 g/mol. The lowest BCUT2D eigenvalue weighted by molar-refractivity contribution is -0.142. The van der Waals surface area contributed by atoms with Gasteiger partial charge in [0.15, 0.2) is 0 Å². The second kappa shape index (κ2) is 8.53. The van der Waals surface area contributed by atoms with Crippen molar-refractivity contribution in [2.75, 3.05) is 19.7 Å². The number of carbonyl (C=O) groups excluding carboxylic acids is 1. The van der Waals surface area contributed by atoms with Crippen LogP contribution in [-0.2, 0) is 16.1 Å². The number of aliphatic carboxylic acids is 1. The summed E-state index contributed by atoms with van der Waals surface area (Å²) in [4.78, 5) is 24.8. The van der Waals surface area contributed by atoms with Crippen LogP contribution in [0.3, 0.4) is 0 Å². The fourth-order valence-corrected chi connectivity index (χ4v) is 2.66. The van der Waals surface area contributed by atoms with Gasteiger partial charge in [0.1, 0.15) is 11.8 Å². The molecule has 23 heavy (non-hydrogen) atoms. The standard InChI is InChI=1S/C17H24N2O4/c1-2-10-23-14-7-5-13(6-8-14)11-18-16(20)12-19-9-3-4-15(19)17(21)22/h5-8,15H,2-4,9-12H2,1H3,(H,18,20)(H,21,22). The largest absolute Gasteiger partial charge is 0.494 e. The van der Waals surface area contributed by atoms with Crippen LogP contribution in [-0.4, -0.2) is 47.6 Å². The summed E-state index contributed by atoms with van der Waals surface area (Å²) in [7, 11) is 0. The number of hydrogen-bond donors (Lipinski definition) is 2. The van der Waals surface area contributed by atoms with Crippen molar-refractivity contribution in [3.63, 3.8) is 0 Å². The SMILES string of the molecule is CCCOc1ccc(CNC(=O)CN2CCCC2C(=O)O)cc1. The maximum absolute atomic E-state index is 12.0. The zero-order valence-electron chi connectivity index (χ0n) is 13.5. The molecule has 1 heterocycles. The van der Waals surface area contributed by atoms with E-state index in [0.717, 1.165) is 24.2 Å². The van der Waals surface area contributed by atoms with Crippen molar-refractivity contribution in [1.82, 2.24) is 10.2 Å². The molecule has 1 fully saturated rings. The van der Waals surface area contributed by atoms with Gasteiger partial charge in [-0.3, -0.25) is 14.5 Å². The number of amides is 1. The van der Waals surface area contributed by atoms with Crippen molar-refractivity contribution in [3.8, 4) is 5.75 Å². The van der Waals surface area contributed by atoms with Gasteiger partial charge in [-0.15, -0.1) is 0 Å². The van der Waals surface area contributed by atoms with Crippen LogP contribution in [0.2, 0.25) is 0 Å². The second-order valence-electron chi connectivity index (χ2n) is 5.74. The van der Waals surface area contributed by atoms with E-state index < -0.39 is 12.0 Å². The molecule has 1 saturated heterocycles. The Balaban J connectivity index is 1.76. The van der Waals surface area contributed by atoms with Crippen molar-refractivity contribution in [3.05, 3.63) is 29.8 Å². The Morgan fingerprint density at radius 3 is 2.74 bits per heavy atom. The molecule has 1 amide bonds. The number of carboxylic acids is 1. The number of benzene rings is 1. The van der Waals surface area contributed by atoms with Crippen molar-refractivity contribution in [2.45, 2.75) is 38.8 Å². The molecule has 0 radical (unpaired) electrons. The number of nitrogens with zero attached hydrogens (tertiary/aromatic N) is 1. The van der Waals surface area contributed by atoms with E-state index >= 15 is 0 Å². The fourth-order valence-electron chi connectivity index (χ4n) is 2.66. The summed E-state index contributed by atoms with van der Waals surface area (Å²) in [5.41, 5.74) is 0.985. The Hall–Kier alpha value is -2.08. The highest BCUT2D eigenvalue weighted by Gasteiger charge is 2.31. The van der Waals surface area contributed by atoms with Crippen LogP contribution >= 0.6 is 0 Å². The molecular formula is C17H24N2O4. The number of hydrogen-bond acceptors (Lipinski definition) is 4. The predicted octanol–water partition coefficient (Wildman–Crippen LogP) is 1.64. The Morgan fingerprint density at radius 2 is 2.09 bits per heavy atom. The summed E-state index contributed by atoms with van der Waals surface area (Å²) in [5, 5.41) is 11.9. The molecular weight excluding hydrogens is 296 g/mol. The lowest BCUT2D eigenvalue weighted by atomic mass is 10.2. The van der Waals surface area contributed by atoms with Gasteiger partial charge in [0, 0.05) is 6.54 Å². The minimum absolute atomic E-state index is 0.134. The lowest BCUT2D eigenvalue weighted by Gasteiger charge is -2.20. The summed E-state index contributed by atoms with van der Waals surface area (Å²) in [5.74, 6) is -0.175. The second-order valence-corrected chi connectivity index (χ2v) is 5.74. The highest BCUT2D eigenvalue weighted by Crippen LogP contribution is 2.16. The zero-order chi connectivity index (χ0) is 16.7. The normalized spacial score (nSPS) is 17.9. The van der Waals surface area contributed by atoms with E-state index in [0.29, 0.717) is 26.1 Å². The number of carboxylic acid groups (broad SMARTS) is 1. The molecule has 2 N–H and O–H groups in total.